The molecule has 0 aliphatic heterocycles. The van der Waals surface area contributed by atoms with E-state index in [4.69, 9.17) is 5.53 Å². The zero-order valence-electron chi connectivity index (χ0n) is 9.39. The van der Waals surface area contributed by atoms with Crippen molar-refractivity contribution in [1.82, 2.24) is 0 Å². The summed E-state index contributed by atoms with van der Waals surface area (Å²) in [6.07, 6.45) is 5.88. The zero-order chi connectivity index (χ0) is 11.0. The van der Waals surface area contributed by atoms with Crippen molar-refractivity contribution in [2.24, 2.45) is 5.92 Å². The second kappa shape index (κ2) is 3.88. The first kappa shape index (κ1) is 9.80. The van der Waals surface area contributed by atoms with Crippen LogP contribution in [-0.2, 0) is 6.42 Å². The Morgan fingerprint density at radius 2 is 2.00 bits per heavy atom. The smallest absolute Gasteiger partial charge is 0.276 e. The number of rotatable bonds is 0. The summed E-state index contributed by atoms with van der Waals surface area (Å²) >= 11 is 0. The SMILES string of the molecule is [N-]=[N+]=C1CCCC2CCc3ccccc3C12. The molecule has 2 nitrogen and oxygen atoms in total. The summed E-state index contributed by atoms with van der Waals surface area (Å²) in [6, 6.07) is 8.64. The first-order valence-electron chi connectivity index (χ1n) is 6.19. The van der Waals surface area contributed by atoms with E-state index in [-0.39, 0.29) is 0 Å². The lowest BCUT2D eigenvalue weighted by Gasteiger charge is -2.34. The van der Waals surface area contributed by atoms with Gasteiger partial charge in [-0.3, -0.25) is 0 Å². The van der Waals surface area contributed by atoms with E-state index in [1.54, 1.807) is 0 Å². The lowest BCUT2D eigenvalue weighted by molar-refractivity contribution is -0.0183. The van der Waals surface area contributed by atoms with Crippen molar-refractivity contribution in [3.63, 3.8) is 0 Å². The molecule has 3 rings (SSSR count). The maximum Gasteiger partial charge on any atom is 0.276 e. The average Bonchev–Trinajstić information content (AvgIpc) is 2.37. The molecule has 82 valence electrons. The van der Waals surface area contributed by atoms with Crippen LogP contribution in [0.3, 0.4) is 0 Å². The Morgan fingerprint density at radius 1 is 1.12 bits per heavy atom. The summed E-state index contributed by atoms with van der Waals surface area (Å²) in [7, 11) is 0. The first-order chi connectivity index (χ1) is 7.90. The van der Waals surface area contributed by atoms with E-state index >= 15 is 0 Å². The minimum absolute atomic E-state index is 0.392. The second-order valence-electron chi connectivity index (χ2n) is 4.96. The number of fused-ring (bicyclic) bond motifs is 3. The maximum atomic E-state index is 9.14. The quantitative estimate of drug-likeness (QED) is 0.468. The molecule has 0 N–H and O–H groups in total. The fraction of sp³-hybridized carbons (Fsp3) is 0.500. The Hall–Kier alpha value is -1.40. The van der Waals surface area contributed by atoms with Crippen LogP contribution in [-0.4, -0.2) is 10.5 Å². The third kappa shape index (κ3) is 1.42. The van der Waals surface area contributed by atoms with E-state index in [1.165, 1.54) is 36.8 Å². The minimum Gasteiger partial charge on any atom is -0.362 e. The van der Waals surface area contributed by atoms with Crippen LogP contribution in [0.2, 0.25) is 0 Å². The molecule has 1 saturated carbocycles. The topological polar surface area (TPSA) is 36.4 Å². The zero-order valence-corrected chi connectivity index (χ0v) is 9.39. The van der Waals surface area contributed by atoms with Gasteiger partial charge in [-0.05, 0) is 42.7 Å². The normalized spacial score (nSPS) is 27.9. The van der Waals surface area contributed by atoms with Gasteiger partial charge in [0.05, 0.1) is 5.92 Å². The van der Waals surface area contributed by atoms with E-state index < -0.39 is 0 Å². The molecular formula is C14H16N2. The van der Waals surface area contributed by atoms with Gasteiger partial charge in [-0.2, -0.15) is 4.79 Å². The van der Waals surface area contributed by atoms with Crippen molar-refractivity contribution in [2.45, 2.75) is 38.0 Å². The monoisotopic (exact) mass is 212 g/mol. The van der Waals surface area contributed by atoms with E-state index in [0.717, 1.165) is 12.1 Å². The third-order valence-electron chi connectivity index (χ3n) is 4.14. The van der Waals surface area contributed by atoms with Crippen LogP contribution in [0.1, 0.15) is 42.7 Å². The molecule has 0 amide bonds. The standard InChI is InChI=1S/C14H16N2/c15-16-13-7-3-5-11-9-8-10-4-1-2-6-12(10)14(11)13/h1-2,4,6,11,14H,3,5,7-9H2. The highest BCUT2D eigenvalue weighted by Gasteiger charge is 2.39. The molecule has 0 aromatic heterocycles. The van der Waals surface area contributed by atoms with Gasteiger partial charge >= 0.3 is 0 Å². The van der Waals surface area contributed by atoms with Crippen LogP contribution in [0, 0.1) is 5.92 Å². The van der Waals surface area contributed by atoms with Crippen LogP contribution in [0.5, 0.6) is 0 Å². The summed E-state index contributed by atoms with van der Waals surface area (Å²) in [5.74, 6) is 1.10. The number of hydrogen-bond donors (Lipinski definition) is 0. The number of hydrogen-bond acceptors (Lipinski definition) is 0. The molecular weight excluding hydrogens is 196 g/mol. The van der Waals surface area contributed by atoms with E-state index in [1.807, 2.05) is 0 Å². The first-order valence-corrected chi connectivity index (χ1v) is 6.19. The van der Waals surface area contributed by atoms with Gasteiger partial charge in [-0.1, -0.05) is 24.3 Å². The van der Waals surface area contributed by atoms with E-state index in [2.05, 4.69) is 29.1 Å². The molecule has 0 heterocycles. The molecule has 1 fully saturated rings. The van der Waals surface area contributed by atoms with Gasteiger partial charge in [0.1, 0.15) is 0 Å². The fourth-order valence-electron chi connectivity index (χ4n) is 3.40. The summed E-state index contributed by atoms with van der Waals surface area (Å²) < 4.78 is 0. The Balaban J connectivity index is 2.10. The van der Waals surface area contributed by atoms with Crippen molar-refractivity contribution < 1.29 is 4.79 Å². The van der Waals surface area contributed by atoms with Crippen LogP contribution >= 0.6 is 0 Å². The van der Waals surface area contributed by atoms with Gasteiger partial charge in [-0.15, -0.1) is 0 Å². The van der Waals surface area contributed by atoms with Crippen LogP contribution < -0.4 is 0 Å². The lowest BCUT2D eigenvalue weighted by Crippen LogP contribution is -2.31. The summed E-state index contributed by atoms with van der Waals surface area (Å²) in [5, 5.41) is 0. The summed E-state index contributed by atoms with van der Waals surface area (Å²) in [4.78, 5) is 3.55. The summed E-state index contributed by atoms with van der Waals surface area (Å²) in [5.41, 5.74) is 13.0. The predicted molar refractivity (Wildman–Crippen MR) is 63.5 cm³/mol. The fourth-order valence-corrected chi connectivity index (χ4v) is 3.40. The molecule has 0 radical (unpaired) electrons. The molecule has 1 aromatic carbocycles. The number of benzene rings is 1. The molecule has 2 unspecified atom stereocenters. The highest BCUT2D eigenvalue weighted by molar-refractivity contribution is 5.88. The average molecular weight is 212 g/mol. The number of nitrogens with zero attached hydrogens (tertiary/aromatic N) is 2. The Kier molecular flexibility index (Phi) is 2.37. The third-order valence-corrected chi connectivity index (χ3v) is 4.14. The van der Waals surface area contributed by atoms with Gasteiger partial charge in [0.25, 0.3) is 5.71 Å². The highest BCUT2D eigenvalue weighted by atomic mass is 14.9. The molecule has 2 atom stereocenters. The molecule has 0 bridgehead atoms. The van der Waals surface area contributed by atoms with Gasteiger partial charge in [0, 0.05) is 6.42 Å². The van der Waals surface area contributed by atoms with Crippen LogP contribution in [0.15, 0.2) is 24.3 Å². The largest absolute Gasteiger partial charge is 0.362 e. The van der Waals surface area contributed by atoms with Crippen molar-refractivity contribution in [2.75, 3.05) is 0 Å². The minimum atomic E-state index is 0.392. The maximum absolute atomic E-state index is 9.14. The molecule has 0 saturated heterocycles. The van der Waals surface area contributed by atoms with Gasteiger partial charge in [-0.25, -0.2) is 0 Å². The Bertz CT molecular complexity index is 458. The van der Waals surface area contributed by atoms with Gasteiger partial charge in [0.15, 0.2) is 0 Å². The van der Waals surface area contributed by atoms with Crippen LogP contribution in [0.4, 0.5) is 0 Å². The molecule has 2 aliphatic rings. The van der Waals surface area contributed by atoms with E-state index in [0.29, 0.717) is 11.8 Å². The van der Waals surface area contributed by atoms with Crippen LogP contribution in [0.25, 0.3) is 5.53 Å². The van der Waals surface area contributed by atoms with Crippen molar-refractivity contribution in [1.29, 1.82) is 0 Å². The Labute approximate surface area is 95.9 Å². The van der Waals surface area contributed by atoms with Crippen molar-refractivity contribution in [3.8, 4) is 0 Å². The van der Waals surface area contributed by atoms with E-state index in [9.17, 15) is 0 Å². The second-order valence-corrected chi connectivity index (χ2v) is 4.96. The molecule has 2 heteroatoms. The molecule has 16 heavy (non-hydrogen) atoms. The predicted octanol–water partition coefficient (Wildman–Crippen LogP) is 3.19. The lowest BCUT2D eigenvalue weighted by atomic mass is 9.67. The number of aryl methyl sites for hydroxylation is 1. The Morgan fingerprint density at radius 3 is 2.88 bits per heavy atom. The van der Waals surface area contributed by atoms with Gasteiger partial charge < -0.3 is 5.53 Å². The van der Waals surface area contributed by atoms with Crippen molar-refractivity contribution >= 4 is 5.71 Å². The molecule has 0 spiro atoms. The highest BCUT2D eigenvalue weighted by Crippen LogP contribution is 2.42. The van der Waals surface area contributed by atoms with Gasteiger partial charge in [0.2, 0.25) is 0 Å². The molecule has 2 aliphatic carbocycles. The summed E-state index contributed by atoms with van der Waals surface area (Å²) in [6.45, 7) is 0. The van der Waals surface area contributed by atoms with Crippen molar-refractivity contribution in [3.05, 3.63) is 40.9 Å². The molecule has 1 aromatic rings.